The summed E-state index contributed by atoms with van der Waals surface area (Å²) in [5, 5.41) is 41.2. The van der Waals surface area contributed by atoms with Gasteiger partial charge in [0.2, 0.25) is 23.6 Å². The van der Waals surface area contributed by atoms with Gasteiger partial charge in [-0.25, -0.2) is 4.79 Å². The third kappa shape index (κ3) is 11.9. The molecule has 4 unspecified atom stereocenters. The van der Waals surface area contributed by atoms with E-state index in [1.54, 1.807) is 0 Å². The molecule has 17 nitrogen and oxygen atoms in total. The first-order valence-electron chi connectivity index (χ1n) is 9.47. The van der Waals surface area contributed by atoms with Crippen molar-refractivity contribution in [3.8, 4) is 0 Å². The Labute approximate surface area is 190 Å². The number of carbonyl (C=O) groups is 8. The Morgan fingerprint density at radius 3 is 1.53 bits per heavy atom. The number of rotatable bonds is 16. The van der Waals surface area contributed by atoms with Crippen LogP contribution in [0.3, 0.4) is 0 Å². The summed E-state index contributed by atoms with van der Waals surface area (Å²) in [6.07, 6.45) is -3.93. The lowest BCUT2D eigenvalue weighted by Gasteiger charge is -2.24. The van der Waals surface area contributed by atoms with Crippen LogP contribution in [0, 0.1) is 0 Å². The highest BCUT2D eigenvalue weighted by molar-refractivity contribution is 5.97. The Hall–Kier alpha value is -4.28. The van der Waals surface area contributed by atoms with E-state index in [2.05, 4.69) is 0 Å². The Morgan fingerprint density at radius 2 is 1.09 bits per heavy atom. The maximum absolute atomic E-state index is 12.6. The second-order valence-electron chi connectivity index (χ2n) is 6.93. The minimum atomic E-state index is -1.91. The number of amides is 4. The van der Waals surface area contributed by atoms with Crippen LogP contribution in [0.1, 0.15) is 32.1 Å². The van der Waals surface area contributed by atoms with Crippen molar-refractivity contribution in [2.24, 2.45) is 11.5 Å². The second kappa shape index (κ2) is 14.0. The molecule has 34 heavy (non-hydrogen) atoms. The fraction of sp³-hybridized carbons (Fsp3) is 0.529. The molecule has 0 bridgehead atoms. The molecule has 4 amide bonds. The van der Waals surface area contributed by atoms with Crippen molar-refractivity contribution in [2.75, 3.05) is 0 Å². The molecule has 0 saturated carbocycles. The van der Waals surface area contributed by atoms with Crippen molar-refractivity contribution < 1.29 is 58.8 Å². The average molecular weight is 491 g/mol. The van der Waals surface area contributed by atoms with Gasteiger partial charge in [0, 0.05) is 6.42 Å². The predicted octanol–water partition coefficient (Wildman–Crippen LogP) is -4.46. The van der Waals surface area contributed by atoms with Crippen LogP contribution < -0.4 is 27.4 Å². The molecule has 0 spiro atoms. The van der Waals surface area contributed by atoms with Gasteiger partial charge in [-0.15, -0.1) is 0 Å². The number of primary amides is 1. The third-order valence-corrected chi connectivity index (χ3v) is 4.04. The van der Waals surface area contributed by atoms with Crippen molar-refractivity contribution in [1.82, 2.24) is 16.0 Å². The largest absolute Gasteiger partial charge is 0.481 e. The van der Waals surface area contributed by atoms with E-state index in [1.807, 2.05) is 16.0 Å². The van der Waals surface area contributed by atoms with Crippen molar-refractivity contribution in [3.05, 3.63) is 0 Å². The smallest absolute Gasteiger partial charge is 0.326 e. The van der Waals surface area contributed by atoms with E-state index < -0.39 is 104 Å². The number of carboxylic acids is 4. The molecule has 0 heterocycles. The number of carbonyl (C=O) groups excluding carboxylic acids is 4. The minimum Gasteiger partial charge on any atom is -0.481 e. The number of nitrogens with one attached hydrogen (secondary N) is 3. The summed E-state index contributed by atoms with van der Waals surface area (Å²) in [6, 6.07) is -7.00. The van der Waals surface area contributed by atoms with Gasteiger partial charge >= 0.3 is 23.9 Å². The van der Waals surface area contributed by atoms with Gasteiger partial charge in [0.25, 0.3) is 0 Å². The maximum Gasteiger partial charge on any atom is 0.326 e. The molecule has 17 heteroatoms. The predicted molar refractivity (Wildman–Crippen MR) is 107 cm³/mol. The normalized spacial score (nSPS) is 13.9. The van der Waals surface area contributed by atoms with Crippen LogP contribution in [0.25, 0.3) is 0 Å². The lowest BCUT2D eigenvalue weighted by molar-refractivity contribution is -0.147. The SMILES string of the molecule is NC(=O)CC(NC(=O)C(N)CC(=O)O)C(=O)NC(CCC(=O)O)C(=O)NC(CC(=O)O)C(=O)O. The van der Waals surface area contributed by atoms with Crippen LogP contribution in [-0.4, -0.2) is 92.1 Å². The Bertz CT molecular complexity index is 845. The number of carboxylic acid groups (broad SMARTS) is 4. The van der Waals surface area contributed by atoms with Crippen molar-refractivity contribution in [1.29, 1.82) is 0 Å². The van der Waals surface area contributed by atoms with Crippen LogP contribution in [0.5, 0.6) is 0 Å². The van der Waals surface area contributed by atoms with E-state index in [9.17, 15) is 38.4 Å². The lowest BCUT2D eigenvalue weighted by atomic mass is 10.1. The molecule has 11 N–H and O–H groups in total. The zero-order chi connectivity index (χ0) is 26.6. The molecular weight excluding hydrogens is 466 g/mol. The van der Waals surface area contributed by atoms with Gasteiger partial charge in [-0.2, -0.15) is 0 Å². The monoisotopic (exact) mass is 491 g/mol. The van der Waals surface area contributed by atoms with Gasteiger partial charge in [-0.05, 0) is 6.42 Å². The van der Waals surface area contributed by atoms with Crippen LogP contribution in [0.2, 0.25) is 0 Å². The van der Waals surface area contributed by atoms with Crippen molar-refractivity contribution in [2.45, 2.75) is 56.3 Å². The van der Waals surface area contributed by atoms with Gasteiger partial charge in [0.15, 0.2) is 0 Å². The summed E-state index contributed by atoms with van der Waals surface area (Å²) < 4.78 is 0. The third-order valence-electron chi connectivity index (χ3n) is 4.04. The van der Waals surface area contributed by atoms with Crippen LogP contribution in [0.15, 0.2) is 0 Å². The Morgan fingerprint density at radius 1 is 0.618 bits per heavy atom. The van der Waals surface area contributed by atoms with Gasteiger partial charge in [0.1, 0.15) is 18.1 Å². The van der Waals surface area contributed by atoms with Crippen LogP contribution in [-0.2, 0) is 38.4 Å². The molecular formula is C17H25N5O12. The number of aliphatic carboxylic acids is 4. The first-order chi connectivity index (χ1) is 15.6. The second-order valence-corrected chi connectivity index (χ2v) is 6.93. The Kier molecular flexibility index (Phi) is 12.2. The average Bonchev–Trinajstić information content (AvgIpc) is 2.68. The highest BCUT2D eigenvalue weighted by atomic mass is 16.4. The first-order valence-corrected chi connectivity index (χ1v) is 9.47. The number of nitrogens with two attached hydrogens (primary N) is 2. The highest BCUT2D eigenvalue weighted by Gasteiger charge is 2.32. The number of hydrogen-bond donors (Lipinski definition) is 9. The molecule has 0 aromatic carbocycles. The molecule has 0 aliphatic carbocycles. The summed E-state index contributed by atoms with van der Waals surface area (Å²) >= 11 is 0. The van der Waals surface area contributed by atoms with Crippen LogP contribution in [0.4, 0.5) is 0 Å². The zero-order valence-corrected chi connectivity index (χ0v) is 17.6. The quantitative estimate of drug-likeness (QED) is 0.0984. The minimum absolute atomic E-state index is 0.581. The summed E-state index contributed by atoms with van der Waals surface area (Å²) in [7, 11) is 0. The standard InChI is InChI=1S/C17H25N5O12/c18-6(3-12(26)27)14(30)21-8(4-10(19)23)16(32)20-7(1-2-11(24)25)15(31)22-9(17(33)34)5-13(28)29/h6-9H,1-5,18H2,(H2,19,23)(H,20,32)(H,21,30)(H,22,31)(H,24,25)(H,26,27)(H,28,29)(H,33,34). The van der Waals surface area contributed by atoms with E-state index in [0.717, 1.165) is 0 Å². The topological polar surface area (TPSA) is 306 Å². The maximum atomic E-state index is 12.6. The van der Waals surface area contributed by atoms with Gasteiger partial charge < -0.3 is 47.8 Å². The number of hydrogen-bond acceptors (Lipinski definition) is 9. The van der Waals surface area contributed by atoms with E-state index in [0.29, 0.717) is 0 Å². The molecule has 0 aromatic heterocycles. The Balaban J connectivity index is 5.63. The molecule has 0 fully saturated rings. The van der Waals surface area contributed by atoms with Crippen molar-refractivity contribution in [3.63, 3.8) is 0 Å². The summed E-state index contributed by atoms with van der Waals surface area (Å²) in [4.78, 5) is 91.8. The molecule has 0 rings (SSSR count). The molecule has 4 atom stereocenters. The lowest BCUT2D eigenvalue weighted by Crippen LogP contribution is -2.58. The highest BCUT2D eigenvalue weighted by Crippen LogP contribution is 2.04. The summed E-state index contributed by atoms with van der Waals surface area (Å²) in [6.45, 7) is 0. The van der Waals surface area contributed by atoms with E-state index in [4.69, 9.17) is 31.9 Å². The fourth-order valence-electron chi connectivity index (χ4n) is 2.43. The zero-order valence-electron chi connectivity index (χ0n) is 17.6. The molecule has 190 valence electrons. The van der Waals surface area contributed by atoms with E-state index in [-0.39, 0.29) is 0 Å². The van der Waals surface area contributed by atoms with Crippen molar-refractivity contribution >= 4 is 47.5 Å². The molecule has 0 aliphatic rings. The first kappa shape index (κ1) is 29.7. The van der Waals surface area contributed by atoms with E-state index >= 15 is 0 Å². The van der Waals surface area contributed by atoms with Gasteiger partial charge in [-0.1, -0.05) is 0 Å². The fourth-order valence-corrected chi connectivity index (χ4v) is 2.43. The van der Waals surface area contributed by atoms with Crippen LogP contribution >= 0.6 is 0 Å². The molecule has 0 saturated heterocycles. The molecule has 0 radical (unpaired) electrons. The summed E-state index contributed by atoms with van der Waals surface area (Å²) in [5.74, 6) is -10.8. The molecule has 0 aliphatic heterocycles. The summed E-state index contributed by atoms with van der Waals surface area (Å²) in [5.41, 5.74) is 10.4. The molecule has 0 aromatic rings. The van der Waals surface area contributed by atoms with E-state index in [1.165, 1.54) is 0 Å². The van der Waals surface area contributed by atoms with Gasteiger partial charge in [-0.3, -0.25) is 33.6 Å². The van der Waals surface area contributed by atoms with Gasteiger partial charge in [0.05, 0.1) is 25.3 Å².